The molecule has 0 aliphatic heterocycles. The highest BCUT2D eigenvalue weighted by molar-refractivity contribution is 5.80. The molecule has 0 atom stereocenters. The maximum atomic E-state index is 12.2. The van der Waals surface area contributed by atoms with E-state index < -0.39 is 0 Å². The van der Waals surface area contributed by atoms with E-state index in [4.69, 9.17) is 5.73 Å². The molecule has 20 heavy (non-hydrogen) atoms. The van der Waals surface area contributed by atoms with Gasteiger partial charge in [0, 0.05) is 18.2 Å². The van der Waals surface area contributed by atoms with Crippen LogP contribution >= 0.6 is 0 Å². The van der Waals surface area contributed by atoms with Crippen LogP contribution in [0.4, 0.5) is 5.69 Å². The zero-order valence-corrected chi connectivity index (χ0v) is 11.3. The molecule has 3 nitrogen and oxygen atoms in total. The second kappa shape index (κ2) is 5.37. The van der Waals surface area contributed by atoms with Gasteiger partial charge in [-0.1, -0.05) is 36.4 Å². The van der Waals surface area contributed by atoms with Gasteiger partial charge in [0.05, 0.1) is 0 Å². The summed E-state index contributed by atoms with van der Waals surface area (Å²) in [4.78, 5) is 12.2. The number of nitrogens with two attached hydrogens (primary N) is 1. The fourth-order valence-electron chi connectivity index (χ4n) is 2.78. The summed E-state index contributed by atoms with van der Waals surface area (Å²) in [6.07, 6.45) is 1.69. The van der Waals surface area contributed by atoms with Gasteiger partial charge in [0.25, 0.3) is 0 Å². The molecule has 0 spiro atoms. The summed E-state index contributed by atoms with van der Waals surface area (Å²) in [7, 11) is 0. The van der Waals surface area contributed by atoms with Crippen molar-refractivity contribution in [3.8, 4) is 0 Å². The van der Waals surface area contributed by atoms with Gasteiger partial charge in [-0.3, -0.25) is 4.79 Å². The lowest BCUT2D eigenvalue weighted by atomic mass is 10.1. The molecule has 0 saturated carbocycles. The van der Waals surface area contributed by atoms with E-state index in [0.717, 1.165) is 24.1 Å². The highest BCUT2D eigenvalue weighted by Gasteiger charge is 2.26. The maximum Gasteiger partial charge on any atom is 0.224 e. The van der Waals surface area contributed by atoms with Crippen LogP contribution in [0.25, 0.3) is 0 Å². The molecule has 3 rings (SSSR count). The van der Waals surface area contributed by atoms with E-state index in [0.29, 0.717) is 6.54 Å². The molecule has 2 aromatic rings. The minimum absolute atomic E-state index is 0.0634. The van der Waals surface area contributed by atoms with Crippen molar-refractivity contribution in [1.82, 2.24) is 5.32 Å². The molecule has 1 amide bonds. The van der Waals surface area contributed by atoms with Gasteiger partial charge in [-0.05, 0) is 41.7 Å². The number of anilines is 1. The molecular formula is C17H18N2O. The number of fused-ring (bicyclic) bond motifs is 1. The number of nitrogen functional groups attached to an aromatic ring is 1. The third-order valence-electron chi connectivity index (χ3n) is 3.84. The number of hydrogen-bond acceptors (Lipinski definition) is 2. The smallest absolute Gasteiger partial charge is 0.224 e. The van der Waals surface area contributed by atoms with Crippen molar-refractivity contribution in [2.24, 2.45) is 5.92 Å². The first kappa shape index (κ1) is 12.7. The topological polar surface area (TPSA) is 55.1 Å². The van der Waals surface area contributed by atoms with Crippen LogP contribution in [0, 0.1) is 5.92 Å². The fourth-order valence-corrected chi connectivity index (χ4v) is 2.78. The van der Waals surface area contributed by atoms with Crippen molar-refractivity contribution < 1.29 is 4.79 Å². The van der Waals surface area contributed by atoms with E-state index in [1.807, 2.05) is 36.4 Å². The highest BCUT2D eigenvalue weighted by atomic mass is 16.1. The molecule has 0 aromatic heterocycles. The van der Waals surface area contributed by atoms with Gasteiger partial charge in [0.1, 0.15) is 0 Å². The second-order valence-electron chi connectivity index (χ2n) is 5.34. The van der Waals surface area contributed by atoms with Crippen LogP contribution in [0.3, 0.4) is 0 Å². The number of hydrogen-bond donors (Lipinski definition) is 2. The Kier molecular flexibility index (Phi) is 3.42. The van der Waals surface area contributed by atoms with Gasteiger partial charge < -0.3 is 11.1 Å². The van der Waals surface area contributed by atoms with Gasteiger partial charge in [0.15, 0.2) is 0 Å². The van der Waals surface area contributed by atoms with Gasteiger partial charge in [-0.25, -0.2) is 0 Å². The number of benzene rings is 2. The molecule has 3 N–H and O–H groups in total. The predicted octanol–water partition coefficient (Wildman–Crippen LogP) is 2.30. The van der Waals surface area contributed by atoms with Crippen molar-refractivity contribution in [3.63, 3.8) is 0 Å². The summed E-state index contributed by atoms with van der Waals surface area (Å²) >= 11 is 0. The molecule has 1 aliphatic rings. The number of carbonyl (C=O) groups is 1. The van der Waals surface area contributed by atoms with Crippen LogP contribution < -0.4 is 11.1 Å². The lowest BCUT2D eigenvalue weighted by molar-refractivity contribution is -0.124. The Labute approximate surface area is 118 Å². The minimum atomic E-state index is 0.0634. The Bertz CT molecular complexity index is 611. The summed E-state index contributed by atoms with van der Waals surface area (Å²) in [6.45, 7) is 0.538. The first-order valence-corrected chi connectivity index (χ1v) is 6.91. The van der Waals surface area contributed by atoms with E-state index >= 15 is 0 Å². The predicted molar refractivity (Wildman–Crippen MR) is 80.0 cm³/mol. The third-order valence-corrected chi connectivity index (χ3v) is 3.84. The van der Waals surface area contributed by atoms with Crippen LogP contribution in [0.15, 0.2) is 48.5 Å². The van der Waals surface area contributed by atoms with Gasteiger partial charge >= 0.3 is 0 Å². The van der Waals surface area contributed by atoms with Crippen LogP contribution in [-0.4, -0.2) is 5.91 Å². The molecule has 0 radical (unpaired) electrons. The molecule has 0 bridgehead atoms. The average molecular weight is 266 g/mol. The van der Waals surface area contributed by atoms with E-state index in [1.54, 1.807) is 0 Å². The molecule has 1 aliphatic carbocycles. The number of carbonyl (C=O) groups excluding carboxylic acids is 1. The van der Waals surface area contributed by atoms with Crippen molar-refractivity contribution >= 4 is 11.6 Å². The van der Waals surface area contributed by atoms with Crippen LogP contribution in [0.1, 0.15) is 16.7 Å². The fraction of sp³-hybridized carbons (Fsp3) is 0.235. The third kappa shape index (κ3) is 2.67. The van der Waals surface area contributed by atoms with E-state index in [1.165, 1.54) is 11.1 Å². The Balaban J connectivity index is 1.59. The average Bonchev–Trinajstić information content (AvgIpc) is 2.89. The number of rotatable bonds is 3. The van der Waals surface area contributed by atoms with Gasteiger partial charge in [0.2, 0.25) is 5.91 Å². The first-order valence-electron chi connectivity index (χ1n) is 6.91. The summed E-state index contributed by atoms with van der Waals surface area (Å²) < 4.78 is 0. The maximum absolute atomic E-state index is 12.2. The lowest BCUT2D eigenvalue weighted by Gasteiger charge is -2.10. The molecule has 102 valence electrons. The Hall–Kier alpha value is -2.29. The van der Waals surface area contributed by atoms with Crippen LogP contribution in [-0.2, 0) is 24.2 Å². The molecule has 3 heteroatoms. The summed E-state index contributed by atoms with van der Waals surface area (Å²) in [5, 5.41) is 3.01. The molecule has 0 saturated heterocycles. The normalized spacial score (nSPS) is 14.0. The Morgan fingerprint density at radius 2 is 1.80 bits per heavy atom. The second-order valence-corrected chi connectivity index (χ2v) is 5.34. The monoisotopic (exact) mass is 266 g/mol. The van der Waals surface area contributed by atoms with Crippen molar-refractivity contribution in [2.45, 2.75) is 19.4 Å². The molecular weight excluding hydrogens is 248 g/mol. The molecule has 0 heterocycles. The summed E-state index contributed by atoms with van der Waals surface area (Å²) in [5.41, 5.74) is 10.1. The Morgan fingerprint density at radius 1 is 1.10 bits per heavy atom. The molecule has 0 unspecified atom stereocenters. The van der Waals surface area contributed by atoms with E-state index in [-0.39, 0.29) is 11.8 Å². The molecule has 2 aromatic carbocycles. The number of amides is 1. The largest absolute Gasteiger partial charge is 0.399 e. The lowest BCUT2D eigenvalue weighted by Crippen LogP contribution is -2.30. The van der Waals surface area contributed by atoms with Gasteiger partial charge in [-0.15, -0.1) is 0 Å². The van der Waals surface area contributed by atoms with E-state index in [2.05, 4.69) is 17.4 Å². The van der Waals surface area contributed by atoms with Crippen molar-refractivity contribution in [3.05, 3.63) is 65.2 Å². The van der Waals surface area contributed by atoms with Crippen LogP contribution in [0.5, 0.6) is 0 Å². The SMILES string of the molecule is Nc1cccc(CNC(=O)C2Cc3ccccc3C2)c1. The number of nitrogens with one attached hydrogen (secondary N) is 1. The van der Waals surface area contributed by atoms with Crippen molar-refractivity contribution in [1.29, 1.82) is 0 Å². The van der Waals surface area contributed by atoms with Crippen LogP contribution in [0.2, 0.25) is 0 Å². The zero-order chi connectivity index (χ0) is 13.9. The molecule has 0 fully saturated rings. The van der Waals surface area contributed by atoms with Crippen molar-refractivity contribution in [2.75, 3.05) is 5.73 Å². The highest BCUT2D eigenvalue weighted by Crippen LogP contribution is 2.26. The standard InChI is InChI=1S/C17H18N2O/c18-16-7-3-4-12(8-16)11-19-17(20)15-9-13-5-1-2-6-14(13)10-15/h1-8,15H,9-11,18H2,(H,19,20). The quantitative estimate of drug-likeness (QED) is 0.838. The van der Waals surface area contributed by atoms with E-state index in [9.17, 15) is 4.79 Å². The first-order chi connectivity index (χ1) is 9.72. The minimum Gasteiger partial charge on any atom is -0.399 e. The Morgan fingerprint density at radius 3 is 2.45 bits per heavy atom. The zero-order valence-electron chi connectivity index (χ0n) is 11.3. The van der Waals surface area contributed by atoms with Gasteiger partial charge in [-0.2, -0.15) is 0 Å². The summed E-state index contributed by atoms with van der Waals surface area (Å²) in [6, 6.07) is 15.9. The summed E-state index contributed by atoms with van der Waals surface area (Å²) in [5.74, 6) is 0.192.